The predicted octanol–water partition coefficient (Wildman–Crippen LogP) is 1.87. The van der Waals surface area contributed by atoms with E-state index in [2.05, 4.69) is 0 Å². The van der Waals surface area contributed by atoms with Crippen LogP contribution in [0.25, 0.3) is 0 Å². The Hall–Kier alpha value is -1.46. The zero-order valence-electron chi connectivity index (χ0n) is 10.4. The number of benzene rings is 1. The highest BCUT2D eigenvalue weighted by Crippen LogP contribution is 2.25. The maximum absolute atomic E-state index is 11.8. The summed E-state index contributed by atoms with van der Waals surface area (Å²) in [6, 6.07) is 5.12. The van der Waals surface area contributed by atoms with E-state index in [-0.39, 0.29) is 35.7 Å². The monoisotopic (exact) mass is 296 g/mol. The van der Waals surface area contributed by atoms with Crippen molar-refractivity contribution in [3.8, 4) is 0 Å². The van der Waals surface area contributed by atoms with Crippen LogP contribution in [-0.2, 0) is 16.1 Å². The molecule has 2 amide bonds. The van der Waals surface area contributed by atoms with Crippen molar-refractivity contribution >= 4 is 40.6 Å². The summed E-state index contributed by atoms with van der Waals surface area (Å²) in [5.74, 6) is -0.561. The molecule has 1 saturated heterocycles. The molecule has 1 heterocycles. The van der Waals surface area contributed by atoms with Crippen LogP contribution < -0.4 is 5.73 Å². The first kappa shape index (κ1) is 14.0. The lowest BCUT2D eigenvalue weighted by Crippen LogP contribution is -2.29. The normalized spacial score (nSPS) is 19.1. The van der Waals surface area contributed by atoms with Crippen LogP contribution in [0.15, 0.2) is 18.2 Å². The van der Waals surface area contributed by atoms with Crippen LogP contribution >= 0.6 is 23.8 Å². The van der Waals surface area contributed by atoms with Gasteiger partial charge in [-0.05, 0) is 11.6 Å². The second kappa shape index (κ2) is 5.27. The molecular weight excluding hydrogens is 284 g/mol. The summed E-state index contributed by atoms with van der Waals surface area (Å²) in [5.41, 5.74) is 6.88. The second-order valence-corrected chi connectivity index (χ2v) is 5.44. The lowest BCUT2D eigenvalue weighted by atomic mass is 10.1. The first-order chi connectivity index (χ1) is 8.90. The fourth-order valence-corrected chi connectivity index (χ4v) is 2.38. The van der Waals surface area contributed by atoms with Gasteiger partial charge in [0.2, 0.25) is 11.8 Å². The van der Waals surface area contributed by atoms with Gasteiger partial charge in [-0.25, -0.2) is 0 Å². The minimum atomic E-state index is -0.248. The highest BCUT2D eigenvalue weighted by Gasteiger charge is 2.35. The van der Waals surface area contributed by atoms with Crippen LogP contribution in [0.3, 0.4) is 0 Å². The molecule has 100 valence electrons. The Bertz CT molecular complexity index is 574. The molecule has 0 aromatic heterocycles. The first-order valence-electron chi connectivity index (χ1n) is 5.82. The number of likely N-dealkylation sites (tertiary alicyclic amines) is 1. The van der Waals surface area contributed by atoms with Crippen LogP contribution in [0.2, 0.25) is 5.02 Å². The minimum absolute atomic E-state index is 0.153. The van der Waals surface area contributed by atoms with Crippen molar-refractivity contribution < 1.29 is 9.59 Å². The van der Waals surface area contributed by atoms with Crippen molar-refractivity contribution in [2.45, 2.75) is 19.9 Å². The molecule has 0 spiro atoms. The summed E-state index contributed by atoms with van der Waals surface area (Å²) in [4.78, 5) is 25.0. The average molecular weight is 297 g/mol. The van der Waals surface area contributed by atoms with E-state index in [9.17, 15) is 9.59 Å². The zero-order chi connectivity index (χ0) is 14.2. The number of halogens is 1. The third kappa shape index (κ3) is 2.77. The number of nitrogens with two attached hydrogens (primary N) is 1. The van der Waals surface area contributed by atoms with Crippen molar-refractivity contribution in [3.63, 3.8) is 0 Å². The molecule has 4 nitrogen and oxygen atoms in total. The van der Waals surface area contributed by atoms with Crippen LogP contribution in [0, 0.1) is 5.92 Å². The van der Waals surface area contributed by atoms with Gasteiger partial charge in [-0.2, -0.15) is 0 Å². The lowest BCUT2D eigenvalue weighted by Gasteiger charge is -2.15. The van der Waals surface area contributed by atoms with Gasteiger partial charge in [-0.3, -0.25) is 14.5 Å². The summed E-state index contributed by atoms with van der Waals surface area (Å²) >= 11 is 11.0. The third-order valence-corrected chi connectivity index (χ3v) is 3.72. The number of amides is 2. The maximum Gasteiger partial charge on any atom is 0.232 e. The standard InChI is InChI=1S/C13H13ClN2O2S/c1-7-4-11(17)16(13(7)18)6-9-3-2-8(12(15)19)5-10(9)14/h2-3,5,7H,4,6H2,1H3,(H2,15,19). The van der Waals surface area contributed by atoms with Crippen LogP contribution in [-0.4, -0.2) is 21.7 Å². The van der Waals surface area contributed by atoms with Gasteiger partial charge in [-0.1, -0.05) is 42.9 Å². The number of carbonyl (C=O) groups excluding carboxylic acids is 2. The Kier molecular flexibility index (Phi) is 3.87. The molecule has 1 unspecified atom stereocenters. The lowest BCUT2D eigenvalue weighted by molar-refractivity contribution is -0.139. The van der Waals surface area contributed by atoms with Gasteiger partial charge in [0.15, 0.2) is 0 Å². The van der Waals surface area contributed by atoms with E-state index in [1.54, 1.807) is 25.1 Å². The largest absolute Gasteiger partial charge is 0.389 e. The van der Waals surface area contributed by atoms with Crippen molar-refractivity contribution in [2.75, 3.05) is 0 Å². The summed E-state index contributed by atoms with van der Waals surface area (Å²) in [7, 11) is 0. The Balaban J connectivity index is 2.22. The van der Waals surface area contributed by atoms with E-state index >= 15 is 0 Å². The average Bonchev–Trinajstić information content (AvgIpc) is 2.58. The number of rotatable bonds is 3. The number of thiocarbonyl (C=S) groups is 1. The van der Waals surface area contributed by atoms with Crippen molar-refractivity contribution in [2.24, 2.45) is 11.7 Å². The molecule has 6 heteroatoms. The van der Waals surface area contributed by atoms with Crippen LogP contribution in [0.1, 0.15) is 24.5 Å². The number of carbonyl (C=O) groups is 2. The number of nitrogens with zero attached hydrogens (tertiary/aromatic N) is 1. The topological polar surface area (TPSA) is 63.4 Å². The fraction of sp³-hybridized carbons (Fsp3) is 0.308. The Morgan fingerprint density at radius 1 is 1.53 bits per heavy atom. The molecule has 1 aliphatic rings. The molecule has 0 bridgehead atoms. The van der Waals surface area contributed by atoms with Crippen molar-refractivity contribution in [3.05, 3.63) is 34.3 Å². The number of hydrogen-bond acceptors (Lipinski definition) is 3. The molecule has 1 aliphatic heterocycles. The van der Waals surface area contributed by atoms with Gasteiger partial charge < -0.3 is 5.73 Å². The van der Waals surface area contributed by atoms with Crippen LogP contribution in [0.5, 0.6) is 0 Å². The van der Waals surface area contributed by atoms with E-state index < -0.39 is 0 Å². The van der Waals surface area contributed by atoms with Gasteiger partial charge in [-0.15, -0.1) is 0 Å². The minimum Gasteiger partial charge on any atom is -0.389 e. The maximum atomic E-state index is 11.8. The first-order valence-corrected chi connectivity index (χ1v) is 6.61. The molecule has 1 atom stereocenters. The summed E-state index contributed by atoms with van der Waals surface area (Å²) in [6.07, 6.45) is 0.265. The number of imide groups is 1. The second-order valence-electron chi connectivity index (χ2n) is 4.59. The Morgan fingerprint density at radius 3 is 2.68 bits per heavy atom. The van der Waals surface area contributed by atoms with Crippen molar-refractivity contribution in [1.29, 1.82) is 0 Å². The van der Waals surface area contributed by atoms with E-state index in [0.29, 0.717) is 16.1 Å². The molecule has 1 aromatic carbocycles. The van der Waals surface area contributed by atoms with Crippen molar-refractivity contribution in [1.82, 2.24) is 4.90 Å². The molecular formula is C13H13ClN2O2S. The molecule has 0 aliphatic carbocycles. The highest BCUT2D eigenvalue weighted by molar-refractivity contribution is 7.80. The summed E-state index contributed by atoms with van der Waals surface area (Å²) < 4.78 is 0. The van der Waals surface area contributed by atoms with Gasteiger partial charge >= 0.3 is 0 Å². The summed E-state index contributed by atoms with van der Waals surface area (Å²) in [6.45, 7) is 1.94. The Morgan fingerprint density at radius 2 is 2.21 bits per heavy atom. The quantitative estimate of drug-likeness (QED) is 0.683. The van der Waals surface area contributed by atoms with E-state index in [1.807, 2.05) is 0 Å². The fourth-order valence-electron chi connectivity index (χ4n) is 2.01. The van der Waals surface area contributed by atoms with Gasteiger partial charge in [0.25, 0.3) is 0 Å². The predicted molar refractivity (Wildman–Crippen MR) is 76.7 cm³/mol. The molecule has 0 radical (unpaired) electrons. The molecule has 2 rings (SSSR count). The zero-order valence-corrected chi connectivity index (χ0v) is 11.9. The van der Waals surface area contributed by atoms with E-state index in [4.69, 9.17) is 29.6 Å². The smallest absolute Gasteiger partial charge is 0.232 e. The molecule has 0 saturated carbocycles. The molecule has 1 aromatic rings. The molecule has 1 fully saturated rings. The van der Waals surface area contributed by atoms with Gasteiger partial charge in [0.05, 0.1) is 6.54 Å². The summed E-state index contributed by atoms with van der Waals surface area (Å²) in [5, 5.41) is 0.449. The Labute approximate surface area is 121 Å². The number of hydrogen-bond donors (Lipinski definition) is 1. The van der Waals surface area contributed by atoms with Crippen LogP contribution in [0.4, 0.5) is 0 Å². The highest BCUT2D eigenvalue weighted by atomic mass is 35.5. The van der Waals surface area contributed by atoms with E-state index in [1.165, 1.54) is 4.90 Å². The molecule has 2 N–H and O–H groups in total. The van der Waals surface area contributed by atoms with Gasteiger partial charge in [0.1, 0.15) is 4.99 Å². The third-order valence-electron chi connectivity index (χ3n) is 3.14. The van der Waals surface area contributed by atoms with Gasteiger partial charge in [0, 0.05) is 22.9 Å². The SMILES string of the molecule is CC1CC(=O)N(Cc2ccc(C(N)=S)cc2Cl)C1=O. The molecule has 19 heavy (non-hydrogen) atoms. The van der Waals surface area contributed by atoms with E-state index in [0.717, 1.165) is 0 Å².